The minimum atomic E-state index is -3.78. The van der Waals surface area contributed by atoms with Crippen molar-refractivity contribution in [2.45, 2.75) is 10.8 Å². The van der Waals surface area contributed by atoms with Crippen molar-refractivity contribution in [2.24, 2.45) is 0 Å². The second-order valence-corrected chi connectivity index (χ2v) is 7.83. The number of halogens is 1. The normalized spacial score (nSPS) is 11.7. The summed E-state index contributed by atoms with van der Waals surface area (Å²) in [6.45, 7) is 0.474. The lowest BCUT2D eigenvalue weighted by Gasteiger charge is -2.09. The van der Waals surface area contributed by atoms with Gasteiger partial charge in [0.05, 0.1) is 11.3 Å². The van der Waals surface area contributed by atoms with E-state index < -0.39 is 16.0 Å². The van der Waals surface area contributed by atoms with E-state index in [1.165, 1.54) is 24.5 Å². The Morgan fingerprint density at radius 1 is 1.35 bits per heavy atom. The summed E-state index contributed by atoms with van der Waals surface area (Å²) in [5.74, 6) is -0.704. The minimum Gasteiger partial charge on any atom is -0.316 e. The average Bonchev–Trinajstić information content (AvgIpc) is 3.18. The highest BCUT2D eigenvalue weighted by atomic mass is 32.2. The number of thiophene rings is 1. The molecule has 0 amide bonds. The molecule has 0 fully saturated rings. The Balaban J connectivity index is 2.22. The summed E-state index contributed by atoms with van der Waals surface area (Å²) in [5.41, 5.74) is 1.15. The van der Waals surface area contributed by atoms with Crippen LogP contribution in [0.5, 0.6) is 0 Å². The van der Waals surface area contributed by atoms with E-state index in [0.717, 1.165) is 20.9 Å². The first-order valence-electron chi connectivity index (χ1n) is 6.80. The van der Waals surface area contributed by atoms with Gasteiger partial charge >= 0.3 is 0 Å². The molecule has 0 saturated heterocycles. The van der Waals surface area contributed by atoms with Crippen LogP contribution in [0.3, 0.4) is 0 Å². The first-order valence-corrected chi connectivity index (χ1v) is 9.12. The quantitative estimate of drug-likeness (QED) is 0.718. The topological polar surface area (TPSA) is 64.0 Å². The van der Waals surface area contributed by atoms with Gasteiger partial charge in [-0.05, 0) is 42.3 Å². The molecule has 0 aliphatic carbocycles. The summed E-state index contributed by atoms with van der Waals surface area (Å²) in [6.07, 6.45) is 2.84. The fourth-order valence-corrected chi connectivity index (χ4v) is 4.75. The Hall–Kier alpha value is -2.03. The third-order valence-electron chi connectivity index (χ3n) is 3.27. The van der Waals surface area contributed by atoms with E-state index in [4.69, 9.17) is 0 Å². The van der Waals surface area contributed by atoms with Crippen molar-refractivity contribution < 1.29 is 12.8 Å². The van der Waals surface area contributed by atoms with E-state index in [-0.39, 0.29) is 15.5 Å². The molecule has 0 aliphatic heterocycles. The fraction of sp³-hybridized carbons (Fsp3) is 0.133. The van der Waals surface area contributed by atoms with E-state index in [9.17, 15) is 12.8 Å². The van der Waals surface area contributed by atoms with Gasteiger partial charge in [-0.1, -0.05) is 6.07 Å². The Bertz CT molecular complexity index is 918. The maximum Gasteiger partial charge on any atom is 0.277 e. The molecule has 120 valence electrons. The van der Waals surface area contributed by atoms with Crippen LogP contribution >= 0.6 is 11.3 Å². The molecule has 0 saturated carbocycles. The lowest BCUT2D eigenvalue weighted by atomic mass is 10.2. The SMILES string of the molecule is CNCc1cc(-c2cccnc2F)n(S(=O)(=O)c2cccs2)c1. The van der Waals surface area contributed by atoms with Crippen molar-refractivity contribution in [3.05, 3.63) is 59.6 Å². The van der Waals surface area contributed by atoms with Crippen LogP contribution < -0.4 is 5.32 Å². The smallest absolute Gasteiger partial charge is 0.277 e. The summed E-state index contributed by atoms with van der Waals surface area (Å²) >= 11 is 1.12. The summed E-state index contributed by atoms with van der Waals surface area (Å²) in [4.78, 5) is 3.61. The Morgan fingerprint density at radius 3 is 2.83 bits per heavy atom. The number of aromatic nitrogens is 2. The van der Waals surface area contributed by atoms with Crippen molar-refractivity contribution in [3.8, 4) is 11.3 Å². The van der Waals surface area contributed by atoms with Gasteiger partial charge in [-0.15, -0.1) is 11.3 Å². The minimum absolute atomic E-state index is 0.148. The predicted octanol–water partition coefficient (Wildman–Crippen LogP) is 2.71. The fourth-order valence-electron chi connectivity index (χ4n) is 2.28. The zero-order valence-electron chi connectivity index (χ0n) is 12.2. The summed E-state index contributed by atoms with van der Waals surface area (Å²) in [7, 11) is -2.02. The molecule has 0 bridgehead atoms. The van der Waals surface area contributed by atoms with Crippen LogP contribution in [0.1, 0.15) is 5.56 Å². The van der Waals surface area contributed by atoms with Gasteiger partial charge in [-0.25, -0.2) is 8.96 Å². The zero-order chi connectivity index (χ0) is 16.4. The molecule has 8 heteroatoms. The molecule has 5 nitrogen and oxygen atoms in total. The van der Waals surface area contributed by atoms with Gasteiger partial charge in [-0.2, -0.15) is 12.8 Å². The Morgan fingerprint density at radius 2 is 2.17 bits per heavy atom. The van der Waals surface area contributed by atoms with Crippen LogP contribution in [0.25, 0.3) is 11.3 Å². The molecule has 3 rings (SSSR count). The summed E-state index contributed by atoms with van der Waals surface area (Å²) < 4.78 is 41.0. The van der Waals surface area contributed by atoms with Crippen molar-refractivity contribution in [2.75, 3.05) is 7.05 Å². The standard InChI is InChI=1S/C15H14FN3O2S2/c1-17-9-11-8-13(12-4-2-6-18-15(12)16)19(10-11)23(20,21)14-5-3-7-22-14/h2-8,10,17H,9H2,1H3. The average molecular weight is 351 g/mol. The molecule has 0 spiro atoms. The molecule has 0 radical (unpaired) electrons. The molecule has 0 aliphatic rings. The van der Waals surface area contributed by atoms with Gasteiger partial charge in [0.2, 0.25) is 5.95 Å². The van der Waals surface area contributed by atoms with Gasteiger partial charge in [-0.3, -0.25) is 0 Å². The number of hydrogen-bond donors (Lipinski definition) is 1. The van der Waals surface area contributed by atoms with E-state index in [2.05, 4.69) is 10.3 Å². The number of pyridine rings is 1. The number of nitrogens with one attached hydrogen (secondary N) is 1. The van der Waals surface area contributed by atoms with Crippen LogP contribution in [0.4, 0.5) is 4.39 Å². The van der Waals surface area contributed by atoms with Crippen molar-refractivity contribution in [1.29, 1.82) is 0 Å². The summed E-state index contributed by atoms with van der Waals surface area (Å²) in [6, 6.07) is 7.94. The van der Waals surface area contributed by atoms with E-state index >= 15 is 0 Å². The maximum atomic E-state index is 14.0. The zero-order valence-corrected chi connectivity index (χ0v) is 13.9. The molecule has 0 atom stereocenters. The Kier molecular flexibility index (Phi) is 4.29. The molecule has 0 aromatic carbocycles. The van der Waals surface area contributed by atoms with Crippen molar-refractivity contribution in [1.82, 2.24) is 14.3 Å². The predicted molar refractivity (Wildman–Crippen MR) is 87.3 cm³/mol. The van der Waals surface area contributed by atoms with Gasteiger partial charge in [0, 0.05) is 18.9 Å². The largest absolute Gasteiger partial charge is 0.316 e. The second-order valence-electron chi connectivity index (χ2n) is 4.84. The van der Waals surface area contributed by atoms with Crippen molar-refractivity contribution in [3.63, 3.8) is 0 Å². The molecular formula is C15H14FN3O2S2. The second kappa shape index (κ2) is 6.23. The third kappa shape index (κ3) is 2.92. The number of rotatable bonds is 5. The van der Waals surface area contributed by atoms with Crippen LogP contribution in [0, 0.1) is 5.95 Å². The molecule has 3 heterocycles. The molecule has 3 aromatic rings. The number of hydrogen-bond acceptors (Lipinski definition) is 5. The van der Waals surface area contributed by atoms with Crippen LogP contribution in [-0.4, -0.2) is 24.4 Å². The van der Waals surface area contributed by atoms with E-state index in [0.29, 0.717) is 6.54 Å². The third-order valence-corrected chi connectivity index (χ3v) is 6.31. The van der Waals surface area contributed by atoms with Gasteiger partial charge in [0.15, 0.2) is 0 Å². The van der Waals surface area contributed by atoms with Gasteiger partial charge < -0.3 is 5.32 Å². The van der Waals surface area contributed by atoms with Gasteiger partial charge in [0.25, 0.3) is 10.0 Å². The number of nitrogens with zero attached hydrogens (tertiary/aromatic N) is 2. The molecule has 1 N–H and O–H groups in total. The van der Waals surface area contributed by atoms with Crippen LogP contribution in [0.15, 0.2) is 52.3 Å². The monoisotopic (exact) mass is 351 g/mol. The highest BCUT2D eigenvalue weighted by Gasteiger charge is 2.24. The van der Waals surface area contributed by atoms with E-state index in [1.54, 1.807) is 30.6 Å². The highest BCUT2D eigenvalue weighted by Crippen LogP contribution is 2.29. The van der Waals surface area contributed by atoms with Gasteiger partial charge in [0.1, 0.15) is 4.21 Å². The molecule has 0 unspecified atom stereocenters. The van der Waals surface area contributed by atoms with E-state index in [1.807, 2.05) is 0 Å². The lowest BCUT2D eigenvalue weighted by molar-refractivity contribution is 0.583. The molecule has 23 heavy (non-hydrogen) atoms. The highest BCUT2D eigenvalue weighted by molar-refractivity contribution is 7.92. The first kappa shape index (κ1) is 15.9. The van der Waals surface area contributed by atoms with Crippen LogP contribution in [-0.2, 0) is 16.6 Å². The molecule has 3 aromatic heterocycles. The Labute approximate surface area is 137 Å². The van der Waals surface area contributed by atoms with Crippen LogP contribution in [0.2, 0.25) is 0 Å². The maximum absolute atomic E-state index is 14.0. The van der Waals surface area contributed by atoms with Crippen molar-refractivity contribution >= 4 is 21.4 Å². The molecular weight excluding hydrogens is 337 g/mol. The summed E-state index contributed by atoms with van der Waals surface area (Å²) in [5, 5.41) is 4.65. The lowest BCUT2D eigenvalue weighted by Crippen LogP contribution is -2.12. The first-order chi connectivity index (χ1) is 11.0.